The van der Waals surface area contributed by atoms with Gasteiger partial charge in [-0.15, -0.1) is 0 Å². The van der Waals surface area contributed by atoms with Crippen LogP contribution in [-0.2, 0) is 0 Å². The summed E-state index contributed by atoms with van der Waals surface area (Å²) < 4.78 is 0.835. The zero-order valence-corrected chi connectivity index (χ0v) is 14.7. The van der Waals surface area contributed by atoms with Crippen LogP contribution < -0.4 is 10.2 Å². The van der Waals surface area contributed by atoms with Crippen LogP contribution in [0.3, 0.4) is 0 Å². The molecule has 1 fully saturated rings. The molecule has 0 spiro atoms. The molecule has 1 aliphatic heterocycles. The highest BCUT2D eigenvalue weighted by Gasteiger charge is 2.27. The summed E-state index contributed by atoms with van der Waals surface area (Å²) in [6, 6.07) is 18.4. The molecule has 3 rings (SSSR count). The van der Waals surface area contributed by atoms with E-state index in [1.807, 2.05) is 30.3 Å². The lowest BCUT2D eigenvalue weighted by atomic mass is 10.1. The second kappa shape index (κ2) is 7.75. The number of hydrogen-bond acceptors (Lipinski definition) is 1. The van der Waals surface area contributed by atoms with E-state index in [9.17, 15) is 4.79 Å². The van der Waals surface area contributed by atoms with Gasteiger partial charge in [0.2, 0.25) is 0 Å². The lowest BCUT2D eigenvalue weighted by molar-refractivity contribution is -0.918. The molecule has 120 valence electrons. The number of hydrogen-bond donors (Lipinski definition) is 2. The van der Waals surface area contributed by atoms with Crippen molar-refractivity contribution in [2.75, 3.05) is 19.6 Å². The number of halogens is 1. The Morgan fingerprint density at radius 2 is 1.70 bits per heavy atom. The first-order valence-electron chi connectivity index (χ1n) is 8.18. The molecule has 3 nitrogen and oxygen atoms in total. The summed E-state index contributed by atoms with van der Waals surface area (Å²) in [6.45, 7) is 3.04. The summed E-state index contributed by atoms with van der Waals surface area (Å²) in [4.78, 5) is 14.0. The highest BCUT2D eigenvalue weighted by Crippen LogP contribution is 2.16. The molecule has 0 aromatic heterocycles. The second-order valence-electron chi connectivity index (χ2n) is 6.02. The van der Waals surface area contributed by atoms with Crippen molar-refractivity contribution in [3.05, 3.63) is 70.2 Å². The fraction of sp³-hybridized carbons (Fsp3) is 0.316. The lowest BCUT2D eigenvalue weighted by Gasteiger charge is -2.25. The second-order valence-corrected chi connectivity index (χ2v) is 6.87. The Bertz CT molecular complexity index is 653. The molecule has 2 N–H and O–H groups in total. The maximum absolute atomic E-state index is 12.5. The average molecular weight is 374 g/mol. The molecule has 1 heterocycles. The number of carbonyl (C=O) groups excluding carboxylic acids is 1. The van der Waals surface area contributed by atoms with Gasteiger partial charge in [-0.25, -0.2) is 0 Å². The van der Waals surface area contributed by atoms with Crippen molar-refractivity contribution in [3.63, 3.8) is 0 Å². The van der Waals surface area contributed by atoms with Crippen LogP contribution in [0.1, 0.15) is 34.8 Å². The molecule has 1 amide bonds. The van der Waals surface area contributed by atoms with Crippen molar-refractivity contribution in [2.45, 2.75) is 18.9 Å². The summed E-state index contributed by atoms with van der Waals surface area (Å²) in [5.41, 5.74) is 1.99. The number of benzene rings is 2. The molecule has 1 atom stereocenters. The van der Waals surface area contributed by atoms with Gasteiger partial charge in [-0.1, -0.05) is 42.5 Å². The third kappa shape index (κ3) is 4.01. The number of quaternary nitrogens is 1. The Kier molecular flexibility index (Phi) is 5.47. The van der Waals surface area contributed by atoms with E-state index in [-0.39, 0.29) is 5.91 Å². The summed E-state index contributed by atoms with van der Waals surface area (Å²) in [5.74, 6) is -0.0167. The van der Waals surface area contributed by atoms with Crippen LogP contribution >= 0.6 is 15.9 Å². The maximum Gasteiger partial charge on any atom is 0.252 e. The van der Waals surface area contributed by atoms with Crippen molar-refractivity contribution in [3.8, 4) is 0 Å². The predicted molar refractivity (Wildman–Crippen MR) is 95.6 cm³/mol. The molecular formula is C19H22BrN2O+. The molecular weight excluding hydrogens is 352 g/mol. The maximum atomic E-state index is 12.5. The van der Waals surface area contributed by atoms with Crippen molar-refractivity contribution in [1.82, 2.24) is 5.32 Å². The number of likely N-dealkylation sites (tertiary alicyclic amines) is 1. The monoisotopic (exact) mass is 373 g/mol. The Balaban J connectivity index is 1.72. The minimum absolute atomic E-state index is 0.0167. The Labute approximate surface area is 145 Å². The minimum atomic E-state index is -0.0167. The molecule has 0 unspecified atom stereocenters. The van der Waals surface area contributed by atoms with Gasteiger partial charge in [-0.3, -0.25) is 4.79 Å². The van der Waals surface area contributed by atoms with Gasteiger partial charge in [0.25, 0.3) is 5.91 Å². The van der Waals surface area contributed by atoms with Gasteiger partial charge >= 0.3 is 0 Å². The van der Waals surface area contributed by atoms with Gasteiger partial charge in [0.15, 0.2) is 0 Å². The van der Waals surface area contributed by atoms with E-state index < -0.39 is 0 Å². The predicted octanol–water partition coefficient (Wildman–Crippen LogP) is 2.60. The minimum Gasteiger partial charge on any atom is -0.346 e. The van der Waals surface area contributed by atoms with Crippen LogP contribution in [0, 0.1) is 0 Å². The van der Waals surface area contributed by atoms with Gasteiger partial charge < -0.3 is 10.2 Å². The Hall–Kier alpha value is -1.65. The van der Waals surface area contributed by atoms with Crippen LogP contribution in [-0.4, -0.2) is 25.5 Å². The van der Waals surface area contributed by atoms with Crippen molar-refractivity contribution >= 4 is 21.8 Å². The summed E-state index contributed by atoms with van der Waals surface area (Å²) in [6.07, 6.45) is 2.55. The van der Waals surface area contributed by atoms with E-state index in [2.05, 4.69) is 45.5 Å². The van der Waals surface area contributed by atoms with Crippen molar-refractivity contribution in [1.29, 1.82) is 0 Å². The van der Waals surface area contributed by atoms with Gasteiger partial charge in [-0.2, -0.15) is 0 Å². The molecule has 0 bridgehead atoms. The van der Waals surface area contributed by atoms with Crippen LogP contribution in [0.5, 0.6) is 0 Å². The largest absolute Gasteiger partial charge is 0.346 e. The third-order valence-electron chi connectivity index (χ3n) is 4.53. The van der Waals surface area contributed by atoms with E-state index in [1.165, 1.54) is 31.5 Å². The Morgan fingerprint density at radius 3 is 2.39 bits per heavy atom. The fourth-order valence-electron chi connectivity index (χ4n) is 3.30. The van der Waals surface area contributed by atoms with Gasteiger partial charge in [-0.05, 0) is 28.1 Å². The summed E-state index contributed by atoms with van der Waals surface area (Å²) in [5, 5.41) is 3.13. The van der Waals surface area contributed by atoms with Gasteiger partial charge in [0.05, 0.1) is 25.2 Å². The quantitative estimate of drug-likeness (QED) is 0.829. The molecule has 2 aromatic rings. The van der Waals surface area contributed by atoms with Crippen LogP contribution in [0.4, 0.5) is 0 Å². The molecule has 0 radical (unpaired) electrons. The number of carbonyl (C=O) groups is 1. The first-order valence-corrected chi connectivity index (χ1v) is 8.97. The lowest BCUT2D eigenvalue weighted by Crippen LogP contribution is -3.11. The van der Waals surface area contributed by atoms with E-state index >= 15 is 0 Å². The third-order valence-corrected chi connectivity index (χ3v) is 5.22. The molecule has 1 aliphatic rings. The molecule has 0 aliphatic carbocycles. The number of amides is 1. The zero-order valence-electron chi connectivity index (χ0n) is 13.1. The van der Waals surface area contributed by atoms with Crippen LogP contribution in [0.2, 0.25) is 0 Å². The number of nitrogens with one attached hydrogen (secondary N) is 2. The zero-order chi connectivity index (χ0) is 16.1. The molecule has 2 aromatic carbocycles. The first-order chi connectivity index (χ1) is 11.3. The van der Waals surface area contributed by atoms with Gasteiger partial charge in [0, 0.05) is 22.9 Å². The summed E-state index contributed by atoms with van der Waals surface area (Å²) in [7, 11) is 0. The van der Waals surface area contributed by atoms with E-state index in [4.69, 9.17) is 0 Å². The molecule has 1 saturated heterocycles. The number of rotatable bonds is 5. The van der Waals surface area contributed by atoms with Crippen LogP contribution in [0.25, 0.3) is 0 Å². The molecule has 0 saturated carbocycles. The molecule has 4 heteroatoms. The van der Waals surface area contributed by atoms with Crippen LogP contribution in [0.15, 0.2) is 59.1 Å². The van der Waals surface area contributed by atoms with Gasteiger partial charge in [0.1, 0.15) is 6.04 Å². The fourth-order valence-corrected chi connectivity index (χ4v) is 3.76. The average Bonchev–Trinajstić information content (AvgIpc) is 3.10. The smallest absolute Gasteiger partial charge is 0.252 e. The summed E-state index contributed by atoms with van der Waals surface area (Å²) >= 11 is 3.45. The normalized spacial score (nSPS) is 16.2. The SMILES string of the molecule is O=C(NC[C@H](c1ccccc1)[NH+]1CCCC1)c1ccccc1Br. The standard InChI is InChI=1S/C19H21BrN2O/c20-17-11-5-4-10-16(17)19(23)21-14-18(22-12-6-7-13-22)15-8-2-1-3-9-15/h1-5,8-11,18H,6-7,12-14H2,(H,21,23)/p+1/t18-/m1/s1. The molecule has 23 heavy (non-hydrogen) atoms. The topological polar surface area (TPSA) is 33.5 Å². The van der Waals surface area contributed by atoms with E-state index in [0.29, 0.717) is 18.2 Å². The Morgan fingerprint density at radius 1 is 1.04 bits per heavy atom. The highest BCUT2D eigenvalue weighted by molar-refractivity contribution is 9.10. The van der Waals surface area contributed by atoms with E-state index in [1.54, 1.807) is 4.90 Å². The highest BCUT2D eigenvalue weighted by atomic mass is 79.9. The first kappa shape index (κ1) is 16.2. The van der Waals surface area contributed by atoms with E-state index in [0.717, 1.165) is 4.47 Å². The van der Waals surface area contributed by atoms with Crippen molar-refractivity contribution in [2.24, 2.45) is 0 Å². The van der Waals surface area contributed by atoms with Crippen molar-refractivity contribution < 1.29 is 9.69 Å².